The van der Waals surface area contributed by atoms with E-state index >= 15 is 0 Å². The van der Waals surface area contributed by atoms with E-state index in [1.54, 1.807) is 11.7 Å². The molecule has 0 spiro atoms. The summed E-state index contributed by atoms with van der Waals surface area (Å²) in [5, 5.41) is 8.40. The first-order chi connectivity index (χ1) is 10.2. The molecule has 2 amide bonds. The summed E-state index contributed by atoms with van der Waals surface area (Å²) in [5.41, 5.74) is 2.70. The fourth-order valence-corrected chi connectivity index (χ4v) is 3.30. The number of hydrogen-bond acceptors (Lipinski definition) is 4. The maximum atomic E-state index is 12.2. The molecule has 0 bridgehead atoms. The Bertz CT molecular complexity index is 737. The summed E-state index contributed by atoms with van der Waals surface area (Å²) < 4.78 is 1.78. The number of carbonyl (C=O) groups is 2. The van der Waals surface area contributed by atoms with Crippen LogP contribution in [0.1, 0.15) is 11.4 Å². The Kier molecular flexibility index (Phi) is 2.48. The molecule has 6 heteroatoms. The van der Waals surface area contributed by atoms with Gasteiger partial charge in [-0.25, -0.2) is 4.68 Å². The summed E-state index contributed by atoms with van der Waals surface area (Å²) in [7, 11) is 1.56. The van der Waals surface area contributed by atoms with Gasteiger partial charge < -0.3 is 0 Å². The minimum Gasteiger partial charge on any atom is -0.285 e. The number of amides is 2. The Morgan fingerprint density at radius 3 is 2.43 bits per heavy atom. The zero-order valence-electron chi connectivity index (χ0n) is 11.6. The average Bonchev–Trinajstić information content (AvgIpc) is 3.02. The topological polar surface area (TPSA) is 68.1 Å². The second-order valence-corrected chi connectivity index (χ2v) is 5.59. The lowest BCUT2D eigenvalue weighted by Gasteiger charge is -2.21. The standard InChI is InChI=1S/C15H14N4O2/c1-18-14(20)10-7-12-13(8-11(10)15(18)21)19(17-16-12)9-5-3-2-4-6-9/h2-6,10-11H,7-8H2,1H3. The van der Waals surface area contributed by atoms with Crippen molar-refractivity contribution >= 4 is 11.8 Å². The first kappa shape index (κ1) is 12.3. The number of para-hydroxylation sites is 1. The third-order valence-electron chi connectivity index (χ3n) is 4.45. The van der Waals surface area contributed by atoms with E-state index in [1.165, 1.54) is 4.90 Å². The number of carbonyl (C=O) groups excluding carboxylic acids is 2. The molecule has 0 saturated carbocycles. The van der Waals surface area contributed by atoms with Crippen molar-refractivity contribution in [3.8, 4) is 5.69 Å². The predicted octanol–water partition coefficient (Wildman–Crippen LogP) is 0.597. The molecule has 1 saturated heterocycles. The smallest absolute Gasteiger partial charge is 0.233 e. The number of likely N-dealkylation sites (tertiary alicyclic amines) is 1. The van der Waals surface area contributed by atoms with E-state index < -0.39 is 0 Å². The van der Waals surface area contributed by atoms with Crippen LogP contribution in [0.5, 0.6) is 0 Å². The van der Waals surface area contributed by atoms with Crippen molar-refractivity contribution in [3.63, 3.8) is 0 Å². The lowest BCUT2D eigenvalue weighted by molar-refractivity contribution is -0.138. The maximum absolute atomic E-state index is 12.2. The van der Waals surface area contributed by atoms with Gasteiger partial charge >= 0.3 is 0 Å². The highest BCUT2D eigenvalue weighted by Crippen LogP contribution is 2.36. The second kappa shape index (κ2) is 4.25. The number of fused-ring (bicyclic) bond motifs is 2. The third-order valence-corrected chi connectivity index (χ3v) is 4.45. The summed E-state index contributed by atoms with van der Waals surface area (Å²) in [6.45, 7) is 0. The van der Waals surface area contributed by atoms with Gasteiger partial charge in [-0.2, -0.15) is 0 Å². The van der Waals surface area contributed by atoms with Crippen LogP contribution in [0, 0.1) is 11.8 Å². The van der Waals surface area contributed by atoms with Crippen LogP contribution in [0.2, 0.25) is 0 Å². The van der Waals surface area contributed by atoms with Crippen LogP contribution in [0.25, 0.3) is 5.69 Å². The second-order valence-electron chi connectivity index (χ2n) is 5.59. The summed E-state index contributed by atoms with van der Waals surface area (Å²) in [6, 6.07) is 9.72. The van der Waals surface area contributed by atoms with Crippen LogP contribution in [-0.4, -0.2) is 38.8 Å². The number of imide groups is 1. The molecule has 0 radical (unpaired) electrons. The molecule has 1 aromatic heterocycles. The van der Waals surface area contributed by atoms with Crippen molar-refractivity contribution < 1.29 is 9.59 Å². The van der Waals surface area contributed by atoms with Crippen LogP contribution >= 0.6 is 0 Å². The molecule has 2 unspecified atom stereocenters. The minimum absolute atomic E-state index is 0.0866. The molecule has 106 valence electrons. The third kappa shape index (κ3) is 1.65. The Balaban J connectivity index is 1.77. The molecule has 0 N–H and O–H groups in total. The molecule has 2 aliphatic rings. The van der Waals surface area contributed by atoms with Crippen molar-refractivity contribution in [1.82, 2.24) is 19.9 Å². The number of rotatable bonds is 1. The number of hydrogen-bond donors (Lipinski definition) is 0. The van der Waals surface area contributed by atoms with E-state index in [0.29, 0.717) is 12.8 Å². The van der Waals surface area contributed by atoms with Crippen LogP contribution in [0.3, 0.4) is 0 Å². The van der Waals surface area contributed by atoms with E-state index in [2.05, 4.69) is 10.3 Å². The number of aromatic nitrogens is 3. The highest BCUT2D eigenvalue weighted by molar-refractivity contribution is 6.05. The Morgan fingerprint density at radius 1 is 1.05 bits per heavy atom. The Hall–Kier alpha value is -2.50. The highest BCUT2D eigenvalue weighted by Gasteiger charge is 2.49. The van der Waals surface area contributed by atoms with Crippen LogP contribution in [-0.2, 0) is 22.4 Å². The molecule has 6 nitrogen and oxygen atoms in total. The van der Waals surface area contributed by atoms with E-state index in [4.69, 9.17) is 0 Å². The molecule has 4 rings (SSSR count). The number of benzene rings is 1. The molecule has 2 heterocycles. The molecule has 1 aliphatic heterocycles. The van der Waals surface area contributed by atoms with Crippen molar-refractivity contribution in [2.45, 2.75) is 12.8 Å². The fraction of sp³-hybridized carbons (Fsp3) is 0.333. The Labute approximate surface area is 121 Å². The summed E-state index contributed by atoms with van der Waals surface area (Å²) in [5.74, 6) is -0.715. The predicted molar refractivity (Wildman–Crippen MR) is 73.5 cm³/mol. The minimum atomic E-state index is -0.268. The fourth-order valence-electron chi connectivity index (χ4n) is 3.30. The first-order valence-electron chi connectivity index (χ1n) is 6.97. The summed E-state index contributed by atoms with van der Waals surface area (Å²) in [4.78, 5) is 25.5. The van der Waals surface area contributed by atoms with Gasteiger partial charge in [-0.15, -0.1) is 5.10 Å². The van der Waals surface area contributed by atoms with Gasteiger partial charge in [0.15, 0.2) is 0 Å². The maximum Gasteiger partial charge on any atom is 0.233 e. The van der Waals surface area contributed by atoms with Gasteiger partial charge in [0.25, 0.3) is 0 Å². The van der Waals surface area contributed by atoms with E-state index in [1.807, 2.05) is 30.3 Å². The number of nitrogens with zero attached hydrogens (tertiary/aromatic N) is 4. The molecule has 2 atom stereocenters. The van der Waals surface area contributed by atoms with Crippen molar-refractivity contribution in [2.24, 2.45) is 11.8 Å². The van der Waals surface area contributed by atoms with Crippen molar-refractivity contribution in [3.05, 3.63) is 41.7 Å². The normalized spacial score (nSPS) is 24.1. The molecule has 1 aliphatic carbocycles. The average molecular weight is 282 g/mol. The molecular weight excluding hydrogens is 268 g/mol. The lowest BCUT2D eigenvalue weighted by atomic mass is 9.81. The first-order valence-corrected chi connectivity index (χ1v) is 6.97. The van der Waals surface area contributed by atoms with Crippen LogP contribution in [0.4, 0.5) is 0 Å². The molecule has 2 aromatic rings. The van der Waals surface area contributed by atoms with Gasteiger partial charge in [-0.3, -0.25) is 14.5 Å². The van der Waals surface area contributed by atoms with E-state index in [0.717, 1.165) is 17.1 Å². The zero-order valence-corrected chi connectivity index (χ0v) is 11.6. The lowest BCUT2D eigenvalue weighted by Crippen LogP contribution is -2.28. The largest absolute Gasteiger partial charge is 0.285 e. The summed E-state index contributed by atoms with van der Waals surface area (Å²) >= 11 is 0. The molecule has 1 fully saturated rings. The monoisotopic (exact) mass is 282 g/mol. The van der Waals surface area contributed by atoms with Crippen molar-refractivity contribution in [1.29, 1.82) is 0 Å². The van der Waals surface area contributed by atoms with Gasteiger partial charge in [0.05, 0.1) is 28.9 Å². The quantitative estimate of drug-likeness (QED) is 0.718. The molecule has 1 aromatic carbocycles. The summed E-state index contributed by atoms with van der Waals surface area (Å²) in [6.07, 6.45) is 1.03. The van der Waals surface area contributed by atoms with Gasteiger partial charge in [0.2, 0.25) is 11.8 Å². The SMILES string of the molecule is CN1C(=O)C2Cc3nnn(-c4ccccc4)c3CC2C1=O. The zero-order chi connectivity index (χ0) is 14.6. The molecular formula is C15H14N4O2. The highest BCUT2D eigenvalue weighted by atomic mass is 16.2. The van der Waals surface area contributed by atoms with E-state index in [9.17, 15) is 9.59 Å². The van der Waals surface area contributed by atoms with Crippen molar-refractivity contribution in [2.75, 3.05) is 7.05 Å². The van der Waals surface area contributed by atoms with Gasteiger partial charge in [-0.05, 0) is 12.1 Å². The molecule has 21 heavy (non-hydrogen) atoms. The van der Waals surface area contributed by atoms with E-state index in [-0.39, 0.29) is 23.7 Å². The van der Waals surface area contributed by atoms with Gasteiger partial charge in [0.1, 0.15) is 0 Å². The van der Waals surface area contributed by atoms with Crippen LogP contribution < -0.4 is 0 Å². The van der Waals surface area contributed by atoms with Crippen LogP contribution in [0.15, 0.2) is 30.3 Å². The van der Waals surface area contributed by atoms with Gasteiger partial charge in [-0.1, -0.05) is 23.4 Å². The Morgan fingerprint density at radius 2 is 1.71 bits per heavy atom. The van der Waals surface area contributed by atoms with Gasteiger partial charge in [0, 0.05) is 19.9 Å².